The second kappa shape index (κ2) is 6.46. The maximum absolute atomic E-state index is 11.7. The van der Waals surface area contributed by atoms with Crippen LogP contribution in [0.4, 0.5) is 4.79 Å². The normalized spacial score (nSPS) is 22.7. The van der Waals surface area contributed by atoms with E-state index in [1.807, 2.05) is 30.3 Å². The summed E-state index contributed by atoms with van der Waals surface area (Å²) in [6.45, 7) is 2.47. The van der Waals surface area contributed by atoms with Crippen LogP contribution in [0.5, 0.6) is 0 Å². The van der Waals surface area contributed by atoms with Gasteiger partial charge in [0.25, 0.3) is 0 Å². The van der Waals surface area contributed by atoms with Crippen LogP contribution in [-0.2, 0) is 11.3 Å². The number of benzene rings is 1. The van der Waals surface area contributed by atoms with Gasteiger partial charge in [0.2, 0.25) is 0 Å². The first-order valence-corrected chi connectivity index (χ1v) is 6.96. The van der Waals surface area contributed by atoms with E-state index in [0.29, 0.717) is 18.1 Å². The predicted octanol–water partition coefficient (Wildman–Crippen LogP) is 2.48. The Morgan fingerprint density at radius 3 is 2.70 bits per heavy atom. The van der Waals surface area contributed by atoms with Gasteiger partial charge < -0.3 is 15.4 Å². The van der Waals surface area contributed by atoms with Crippen LogP contribution in [0.1, 0.15) is 24.8 Å². The molecule has 110 valence electrons. The second-order valence-corrected chi connectivity index (χ2v) is 5.58. The van der Waals surface area contributed by atoms with E-state index in [-0.39, 0.29) is 18.5 Å². The van der Waals surface area contributed by atoms with Gasteiger partial charge in [0.15, 0.2) is 0 Å². The van der Waals surface area contributed by atoms with E-state index in [2.05, 4.69) is 10.6 Å². The number of nitrogens with one attached hydrogen (secondary N) is 2. The van der Waals surface area contributed by atoms with E-state index in [4.69, 9.17) is 4.74 Å². The average Bonchev–Trinajstić information content (AvgIpc) is 3.10. The number of halogens is 1. The van der Waals surface area contributed by atoms with Crippen LogP contribution in [-0.4, -0.2) is 25.2 Å². The van der Waals surface area contributed by atoms with Gasteiger partial charge in [-0.05, 0) is 43.3 Å². The number of piperidine rings is 1. The minimum Gasteiger partial charge on any atom is -0.445 e. The summed E-state index contributed by atoms with van der Waals surface area (Å²) in [5, 5.41) is 6.35. The van der Waals surface area contributed by atoms with E-state index in [0.717, 1.165) is 37.9 Å². The van der Waals surface area contributed by atoms with Gasteiger partial charge in [-0.25, -0.2) is 4.79 Å². The average molecular weight is 297 g/mol. The van der Waals surface area contributed by atoms with E-state index < -0.39 is 0 Å². The summed E-state index contributed by atoms with van der Waals surface area (Å²) in [6, 6.07) is 10.1. The molecule has 0 aromatic heterocycles. The molecule has 2 N–H and O–H groups in total. The molecule has 3 rings (SSSR count). The minimum atomic E-state index is -0.288. The highest BCUT2D eigenvalue weighted by Crippen LogP contribution is 2.52. The molecule has 1 saturated carbocycles. The smallest absolute Gasteiger partial charge is 0.407 e. The Morgan fingerprint density at radius 2 is 2.00 bits per heavy atom. The molecule has 1 aliphatic heterocycles. The lowest BCUT2D eigenvalue weighted by atomic mass is 9.94. The maximum Gasteiger partial charge on any atom is 0.407 e. The van der Waals surface area contributed by atoms with E-state index >= 15 is 0 Å². The van der Waals surface area contributed by atoms with Crippen LogP contribution in [0.3, 0.4) is 0 Å². The molecule has 1 amide bonds. The van der Waals surface area contributed by atoms with Crippen molar-refractivity contribution in [2.24, 2.45) is 5.41 Å². The zero-order chi connectivity index (χ0) is 13.1. The molecule has 1 aliphatic carbocycles. The van der Waals surface area contributed by atoms with Gasteiger partial charge in [0.1, 0.15) is 6.61 Å². The largest absolute Gasteiger partial charge is 0.445 e. The molecule has 0 bridgehead atoms. The fraction of sp³-hybridized carbons (Fsp3) is 0.533. The number of hydrogen-bond donors (Lipinski definition) is 2. The van der Waals surface area contributed by atoms with Gasteiger partial charge in [-0.3, -0.25) is 0 Å². The number of rotatable bonds is 3. The molecule has 2 fully saturated rings. The Kier molecular flexibility index (Phi) is 4.89. The second-order valence-electron chi connectivity index (χ2n) is 5.58. The van der Waals surface area contributed by atoms with Crippen molar-refractivity contribution in [3.05, 3.63) is 35.9 Å². The standard InChI is InChI=1S/C15H20N2O2.ClH/c18-14(19-11-12-4-2-1-3-5-12)17-13-10-15(13)6-8-16-9-7-15;/h1-5,13,16H,6-11H2,(H,17,18);1H. The van der Waals surface area contributed by atoms with Crippen LogP contribution in [0.25, 0.3) is 0 Å². The minimum absolute atomic E-state index is 0. The van der Waals surface area contributed by atoms with Gasteiger partial charge in [-0.2, -0.15) is 0 Å². The first kappa shape index (κ1) is 15.1. The van der Waals surface area contributed by atoms with Crippen molar-refractivity contribution in [2.75, 3.05) is 13.1 Å². The first-order chi connectivity index (χ1) is 9.28. The number of carbonyl (C=O) groups is 1. The molecule has 1 atom stereocenters. The summed E-state index contributed by atoms with van der Waals surface area (Å²) < 4.78 is 5.25. The molecule has 2 aliphatic rings. The molecule has 4 nitrogen and oxygen atoms in total. The Morgan fingerprint density at radius 1 is 1.30 bits per heavy atom. The highest BCUT2D eigenvalue weighted by molar-refractivity contribution is 5.85. The molecule has 1 aromatic rings. The number of amides is 1. The van der Waals surface area contributed by atoms with Gasteiger partial charge >= 0.3 is 6.09 Å². The van der Waals surface area contributed by atoms with Crippen molar-refractivity contribution in [3.8, 4) is 0 Å². The Labute approximate surface area is 125 Å². The first-order valence-electron chi connectivity index (χ1n) is 6.96. The number of ether oxygens (including phenoxy) is 1. The molecule has 20 heavy (non-hydrogen) atoms. The van der Waals surface area contributed by atoms with Crippen molar-refractivity contribution >= 4 is 18.5 Å². The van der Waals surface area contributed by atoms with Crippen molar-refractivity contribution in [3.63, 3.8) is 0 Å². The predicted molar refractivity (Wildman–Crippen MR) is 80.0 cm³/mol. The summed E-state index contributed by atoms with van der Waals surface area (Å²) in [5.74, 6) is 0. The Balaban J connectivity index is 0.00000147. The zero-order valence-corrected chi connectivity index (χ0v) is 12.2. The molecule has 1 saturated heterocycles. The monoisotopic (exact) mass is 296 g/mol. The summed E-state index contributed by atoms with van der Waals surface area (Å²) in [4.78, 5) is 11.7. The van der Waals surface area contributed by atoms with Crippen LogP contribution in [0.2, 0.25) is 0 Å². The van der Waals surface area contributed by atoms with Crippen molar-refractivity contribution < 1.29 is 9.53 Å². The third kappa shape index (κ3) is 3.44. The highest BCUT2D eigenvalue weighted by atomic mass is 35.5. The summed E-state index contributed by atoms with van der Waals surface area (Å²) in [7, 11) is 0. The van der Waals surface area contributed by atoms with Crippen LogP contribution < -0.4 is 10.6 Å². The lowest BCUT2D eigenvalue weighted by Crippen LogP contribution is -2.36. The third-order valence-corrected chi connectivity index (χ3v) is 4.29. The van der Waals surface area contributed by atoms with Crippen LogP contribution in [0.15, 0.2) is 30.3 Å². The van der Waals surface area contributed by atoms with Crippen LogP contribution in [0, 0.1) is 5.41 Å². The zero-order valence-electron chi connectivity index (χ0n) is 11.4. The molecule has 1 spiro atoms. The lowest BCUT2D eigenvalue weighted by Gasteiger charge is -2.23. The van der Waals surface area contributed by atoms with Gasteiger partial charge in [-0.1, -0.05) is 30.3 Å². The molecular weight excluding hydrogens is 276 g/mol. The number of alkyl carbamates (subject to hydrolysis) is 1. The Bertz CT molecular complexity index is 446. The number of hydrogen-bond acceptors (Lipinski definition) is 3. The highest BCUT2D eigenvalue weighted by Gasteiger charge is 2.54. The summed E-state index contributed by atoms with van der Waals surface area (Å²) >= 11 is 0. The fourth-order valence-electron chi connectivity index (χ4n) is 2.94. The fourth-order valence-corrected chi connectivity index (χ4v) is 2.94. The van der Waals surface area contributed by atoms with Crippen LogP contribution >= 0.6 is 12.4 Å². The van der Waals surface area contributed by atoms with Crippen molar-refractivity contribution in [1.82, 2.24) is 10.6 Å². The van der Waals surface area contributed by atoms with E-state index in [1.54, 1.807) is 0 Å². The lowest BCUT2D eigenvalue weighted by molar-refractivity contribution is 0.136. The summed E-state index contributed by atoms with van der Waals surface area (Å²) in [5.41, 5.74) is 1.38. The maximum atomic E-state index is 11.7. The van der Waals surface area contributed by atoms with Crippen molar-refractivity contribution in [1.29, 1.82) is 0 Å². The SMILES string of the molecule is Cl.O=C(NC1CC12CCNCC2)OCc1ccccc1. The molecule has 0 radical (unpaired) electrons. The topological polar surface area (TPSA) is 50.4 Å². The molecule has 1 aromatic carbocycles. The Hall–Kier alpha value is -1.26. The summed E-state index contributed by atoms with van der Waals surface area (Å²) in [6.07, 6.45) is 3.15. The van der Waals surface area contributed by atoms with Gasteiger partial charge in [0.05, 0.1) is 0 Å². The van der Waals surface area contributed by atoms with Gasteiger partial charge in [-0.15, -0.1) is 12.4 Å². The van der Waals surface area contributed by atoms with Gasteiger partial charge in [0, 0.05) is 6.04 Å². The number of carbonyl (C=O) groups excluding carboxylic acids is 1. The van der Waals surface area contributed by atoms with Crippen molar-refractivity contribution in [2.45, 2.75) is 31.9 Å². The molecule has 1 heterocycles. The van der Waals surface area contributed by atoms with E-state index in [9.17, 15) is 4.79 Å². The quantitative estimate of drug-likeness (QED) is 0.901. The molecule has 1 unspecified atom stereocenters. The molecule has 5 heteroatoms. The van der Waals surface area contributed by atoms with E-state index in [1.165, 1.54) is 0 Å². The molecular formula is C15H21ClN2O2. The third-order valence-electron chi connectivity index (χ3n) is 4.29.